The van der Waals surface area contributed by atoms with Crippen LogP contribution < -0.4 is 10.6 Å². The standard InChI is InChI=1S/C25H27N3O5S/c1-18-8-10-21(11-9-18)34(31,32)28-14-12-19(13-15-28)24(29)27-23-7-3-2-6-22(23)25(30)26-17-20-5-4-16-33-20/h2-11,16,19H,12-15,17H2,1H3,(H,26,30)(H,27,29). The van der Waals surface area contributed by atoms with Crippen molar-refractivity contribution in [3.8, 4) is 0 Å². The third-order valence-electron chi connectivity index (χ3n) is 5.92. The largest absolute Gasteiger partial charge is 0.467 e. The van der Waals surface area contributed by atoms with Crippen LogP contribution >= 0.6 is 0 Å². The summed E-state index contributed by atoms with van der Waals surface area (Å²) in [5.41, 5.74) is 1.75. The van der Waals surface area contributed by atoms with Gasteiger partial charge in [-0.3, -0.25) is 9.59 Å². The summed E-state index contributed by atoms with van der Waals surface area (Å²) in [5, 5.41) is 5.63. The average molecular weight is 482 g/mol. The zero-order valence-corrected chi connectivity index (χ0v) is 19.7. The number of carbonyl (C=O) groups excluding carboxylic acids is 2. The summed E-state index contributed by atoms with van der Waals surface area (Å²) in [6.07, 6.45) is 2.35. The number of aryl methyl sites for hydroxylation is 1. The third kappa shape index (κ3) is 5.37. The van der Waals surface area contributed by atoms with Crippen LogP contribution in [0, 0.1) is 12.8 Å². The molecule has 0 aliphatic carbocycles. The van der Waals surface area contributed by atoms with Gasteiger partial charge in [-0.2, -0.15) is 4.31 Å². The van der Waals surface area contributed by atoms with Crippen LogP contribution in [-0.4, -0.2) is 37.6 Å². The number of nitrogens with zero attached hydrogens (tertiary/aromatic N) is 1. The van der Waals surface area contributed by atoms with E-state index in [1.807, 2.05) is 6.92 Å². The number of furan rings is 1. The average Bonchev–Trinajstić information content (AvgIpc) is 3.37. The highest BCUT2D eigenvalue weighted by Gasteiger charge is 2.32. The molecule has 0 radical (unpaired) electrons. The van der Waals surface area contributed by atoms with Crippen molar-refractivity contribution in [1.82, 2.24) is 9.62 Å². The van der Waals surface area contributed by atoms with Gasteiger partial charge in [0, 0.05) is 19.0 Å². The molecule has 178 valence electrons. The molecular formula is C25H27N3O5S. The summed E-state index contributed by atoms with van der Waals surface area (Å²) < 4.78 is 32.5. The maximum absolute atomic E-state index is 12.9. The first kappa shape index (κ1) is 23.7. The van der Waals surface area contributed by atoms with E-state index in [0.717, 1.165) is 5.56 Å². The minimum atomic E-state index is -3.59. The van der Waals surface area contributed by atoms with Crippen molar-refractivity contribution >= 4 is 27.5 Å². The number of nitrogens with one attached hydrogen (secondary N) is 2. The molecule has 1 saturated heterocycles. The summed E-state index contributed by atoms with van der Waals surface area (Å²) in [6, 6.07) is 17.1. The Morgan fingerprint density at radius 1 is 1.00 bits per heavy atom. The number of carbonyl (C=O) groups is 2. The number of benzene rings is 2. The lowest BCUT2D eigenvalue weighted by atomic mass is 9.97. The van der Waals surface area contributed by atoms with Gasteiger partial charge in [0.1, 0.15) is 5.76 Å². The van der Waals surface area contributed by atoms with E-state index >= 15 is 0 Å². The van der Waals surface area contributed by atoms with E-state index in [0.29, 0.717) is 29.9 Å². The number of anilines is 1. The molecule has 0 spiro atoms. The summed E-state index contributed by atoms with van der Waals surface area (Å²) >= 11 is 0. The van der Waals surface area contributed by atoms with Gasteiger partial charge < -0.3 is 15.1 Å². The van der Waals surface area contributed by atoms with Crippen LogP contribution in [-0.2, 0) is 21.4 Å². The van der Waals surface area contributed by atoms with Crippen LogP contribution in [0.25, 0.3) is 0 Å². The fourth-order valence-electron chi connectivity index (χ4n) is 3.92. The SMILES string of the molecule is Cc1ccc(S(=O)(=O)N2CCC(C(=O)Nc3ccccc3C(=O)NCc3ccco3)CC2)cc1. The van der Waals surface area contributed by atoms with Crippen LogP contribution in [0.3, 0.4) is 0 Å². The van der Waals surface area contributed by atoms with Crippen LogP contribution in [0.1, 0.15) is 34.5 Å². The Morgan fingerprint density at radius 2 is 1.71 bits per heavy atom. The molecule has 0 unspecified atom stereocenters. The van der Waals surface area contributed by atoms with Gasteiger partial charge in [0.05, 0.1) is 29.0 Å². The maximum atomic E-state index is 12.9. The number of amides is 2. The highest BCUT2D eigenvalue weighted by Crippen LogP contribution is 2.26. The van der Waals surface area contributed by atoms with Gasteiger partial charge >= 0.3 is 0 Å². The lowest BCUT2D eigenvalue weighted by molar-refractivity contribution is -0.120. The predicted octanol–water partition coefficient (Wildman–Crippen LogP) is 3.56. The van der Waals surface area contributed by atoms with Gasteiger partial charge in [0.15, 0.2) is 0 Å². The second-order valence-electron chi connectivity index (χ2n) is 8.29. The fourth-order valence-corrected chi connectivity index (χ4v) is 5.39. The molecule has 1 aromatic heterocycles. The minimum absolute atomic E-state index is 0.223. The molecule has 1 aliphatic rings. The Labute approximate surface area is 199 Å². The van der Waals surface area contributed by atoms with Crippen LogP contribution in [0.2, 0.25) is 0 Å². The van der Waals surface area contributed by atoms with Crippen molar-refractivity contribution in [3.63, 3.8) is 0 Å². The second kappa shape index (κ2) is 10.2. The smallest absolute Gasteiger partial charge is 0.253 e. The Morgan fingerprint density at radius 3 is 2.38 bits per heavy atom. The Kier molecular flexibility index (Phi) is 7.14. The molecule has 0 atom stereocenters. The number of rotatable bonds is 7. The van der Waals surface area contributed by atoms with Gasteiger partial charge in [-0.1, -0.05) is 29.8 Å². The Bertz CT molecular complexity index is 1250. The van der Waals surface area contributed by atoms with E-state index in [2.05, 4.69) is 10.6 Å². The van der Waals surface area contributed by atoms with E-state index in [1.54, 1.807) is 60.7 Å². The molecule has 4 rings (SSSR count). The van der Waals surface area contributed by atoms with Crippen molar-refractivity contribution in [3.05, 3.63) is 83.8 Å². The van der Waals surface area contributed by atoms with Crippen molar-refractivity contribution in [2.75, 3.05) is 18.4 Å². The fraction of sp³-hybridized carbons (Fsp3) is 0.280. The van der Waals surface area contributed by atoms with E-state index in [9.17, 15) is 18.0 Å². The first-order chi connectivity index (χ1) is 16.3. The first-order valence-corrected chi connectivity index (χ1v) is 12.6. The summed E-state index contributed by atoms with van der Waals surface area (Å²) in [5.74, 6) is -0.268. The molecule has 1 aliphatic heterocycles. The monoisotopic (exact) mass is 481 g/mol. The molecule has 8 nitrogen and oxygen atoms in total. The molecule has 2 amide bonds. The van der Waals surface area contributed by atoms with Gasteiger partial charge in [-0.05, 0) is 56.2 Å². The minimum Gasteiger partial charge on any atom is -0.467 e. The van der Waals surface area contributed by atoms with Crippen LogP contribution in [0.5, 0.6) is 0 Å². The predicted molar refractivity (Wildman–Crippen MR) is 128 cm³/mol. The van der Waals surface area contributed by atoms with Gasteiger partial charge in [-0.25, -0.2) is 8.42 Å². The Balaban J connectivity index is 1.36. The summed E-state index contributed by atoms with van der Waals surface area (Å²) in [7, 11) is -3.59. The molecule has 3 aromatic rings. The summed E-state index contributed by atoms with van der Waals surface area (Å²) in [4.78, 5) is 25.8. The molecule has 9 heteroatoms. The van der Waals surface area contributed by atoms with E-state index in [-0.39, 0.29) is 42.3 Å². The maximum Gasteiger partial charge on any atom is 0.253 e. The van der Waals surface area contributed by atoms with Crippen LogP contribution in [0.15, 0.2) is 76.2 Å². The second-order valence-corrected chi connectivity index (χ2v) is 10.2. The molecular weight excluding hydrogens is 454 g/mol. The topological polar surface area (TPSA) is 109 Å². The first-order valence-electron chi connectivity index (χ1n) is 11.1. The Hall–Kier alpha value is -3.43. The lowest BCUT2D eigenvalue weighted by Gasteiger charge is -2.30. The number of sulfonamides is 1. The molecule has 1 fully saturated rings. The number of piperidine rings is 1. The van der Waals surface area contributed by atoms with Gasteiger partial charge in [0.2, 0.25) is 15.9 Å². The summed E-state index contributed by atoms with van der Waals surface area (Å²) in [6.45, 7) is 2.67. The number of para-hydroxylation sites is 1. The van der Waals surface area contributed by atoms with E-state index in [4.69, 9.17) is 4.42 Å². The highest BCUT2D eigenvalue weighted by atomic mass is 32.2. The molecule has 34 heavy (non-hydrogen) atoms. The normalized spacial score (nSPS) is 15.1. The molecule has 0 saturated carbocycles. The van der Waals surface area contributed by atoms with Gasteiger partial charge in [0.25, 0.3) is 5.91 Å². The van der Waals surface area contributed by atoms with Crippen molar-refractivity contribution in [2.45, 2.75) is 31.2 Å². The zero-order valence-electron chi connectivity index (χ0n) is 18.9. The zero-order chi connectivity index (χ0) is 24.1. The quantitative estimate of drug-likeness (QED) is 0.536. The third-order valence-corrected chi connectivity index (χ3v) is 7.83. The lowest BCUT2D eigenvalue weighted by Crippen LogP contribution is -2.41. The van der Waals surface area contributed by atoms with Gasteiger partial charge in [-0.15, -0.1) is 0 Å². The molecule has 2 heterocycles. The number of hydrogen-bond acceptors (Lipinski definition) is 5. The van der Waals surface area contributed by atoms with Crippen molar-refractivity contribution < 1.29 is 22.4 Å². The van der Waals surface area contributed by atoms with E-state index in [1.165, 1.54) is 10.6 Å². The van der Waals surface area contributed by atoms with Crippen LogP contribution in [0.4, 0.5) is 5.69 Å². The molecule has 2 aromatic carbocycles. The number of hydrogen-bond donors (Lipinski definition) is 2. The highest BCUT2D eigenvalue weighted by molar-refractivity contribution is 7.89. The molecule has 2 N–H and O–H groups in total. The van der Waals surface area contributed by atoms with E-state index < -0.39 is 10.0 Å². The van der Waals surface area contributed by atoms with Crippen molar-refractivity contribution in [2.24, 2.45) is 5.92 Å². The molecule has 0 bridgehead atoms. The van der Waals surface area contributed by atoms with Crippen molar-refractivity contribution in [1.29, 1.82) is 0 Å².